The highest BCUT2D eigenvalue weighted by Gasteiger charge is 2.17. The molecule has 0 fully saturated rings. The molecule has 1 aromatic rings. The van der Waals surface area contributed by atoms with Crippen molar-refractivity contribution in [3.8, 4) is 0 Å². The highest BCUT2D eigenvalue weighted by atomic mass is 127. The molecule has 92 valence electrons. The number of halogens is 1. The first-order chi connectivity index (χ1) is 8.31. The van der Waals surface area contributed by atoms with Crippen LogP contribution >= 0.6 is 22.6 Å². The summed E-state index contributed by atoms with van der Waals surface area (Å²) in [7, 11) is 0. The maximum absolute atomic E-state index is 3.68. The summed E-state index contributed by atoms with van der Waals surface area (Å²) in [5.74, 6) is 0. The smallest absolute Gasteiger partial charge is 0.0536 e. The molecule has 2 heteroatoms. The van der Waals surface area contributed by atoms with E-state index in [2.05, 4.69) is 65.2 Å². The monoisotopic (exact) mass is 341 g/mol. The molecular weight excluding hydrogens is 321 g/mol. The Labute approximate surface area is 118 Å². The Balaban J connectivity index is 2.16. The molecule has 0 saturated carbocycles. The fourth-order valence-electron chi connectivity index (χ4n) is 2.36. The quantitative estimate of drug-likeness (QED) is 0.617. The van der Waals surface area contributed by atoms with Gasteiger partial charge in [-0.2, -0.15) is 0 Å². The summed E-state index contributed by atoms with van der Waals surface area (Å²) in [6.07, 6.45) is 7.45. The van der Waals surface area contributed by atoms with Crippen molar-refractivity contribution in [3.63, 3.8) is 0 Å². The van der Waals surface area contributed by atoms with Gasteiger partial charge in [-0.15, -0.1) is 0 Å². The van der Waals surface area contributed by atoms with Crippen LogP contribution < -0.4 is 5.32 Å². The summed E-state index contributed by atoms with van der Waals surface area (Å²) in [6.45, 7) is 3.31. The van der Waals surface area contributed by atoms with Gasteiger partial charge in [0.1, 0.15) is 0 Å². The van der Waals surface area contributed by atoms with Gasteiger partial charge >= 0.3 is 0 Å². The summed E-state index contributed by atoms with van der Waals surface area (Å²) >= 11 is 2.36. The minimum Gasteiger partial charge on any atom is -0.307 e. The molecule has 0 aromatic heterocycles. The van der Waals surface area contributed by atoms with E-state index >= 15 is 0 Å². The second kappa shape index (κ2) is 6.55. The lowest BCUT2D eigenvalue weighted by atomic mass is 9.98. The number of hydrogen-bond acceptors (Lipinski definition) is 1. The third-order valence-electron chi connectivity index (χ3n) is 3.25. The lowest BCUT2D eigenvalue weighted by Gasteiger charge is -2.20. The summed E-state index contributed by atoms with van der Waals surface area (Å²) in [4.78, 5) is 0. The van der Waals surface area contributed by atoms with E-state index in [0.717, 1.165) is 6.54 Å². The largest absolute Gasteiger partial charge is 0.307 e. The number of allylic oxidation sites excluding steroid dienone is 1. The third kappa shape index (κ3) is 3.55. The van der Waals surface area contributed by atoms with Gasteiger partial charge in [0.05, 0.1) is 6.04 Å². The van der Waals surface area contributed by atoms with Gasteiger partial charge in [-0.3, -0.25) is 0 Å². The van der Waals surface area contributed by atoms with Crippen molar-refractivity contribution < 1.29 is 0 Å². The third-order valence-corrected chi connectivity index (χ3v) is 3.97. The average Bonchev–Trinajstić information content (AvgIpc) is 2.85. The minimum atomic E-state index is 0.439. The molecule has 17 heavy (non-hydrogen) atoms. The van der Waals surface area contributed by atoms with E-state index in [9.17, 15) is 0 Å². The standard InChI is InChI=1S/C15H20IN/c1-2-11-17-15(12-5-3-4-6-12)13-7-9-14(16)10-8-13/h5,7-10,15,17H,2-4,6,11H2,1H3. The maximum atomic E-state index is 3.68. The van der Waals surface area contributed by atoms with E-state index in [-0.39, 0.29) is 0 Å². The molecule has 0 saturated heterocycles. The zero-order valence-electron chi connectivity index (χ0n) is 10.4. The molecule has 1 aromatic carbocycles. The van der Waals surface area contributed by atoms with E-state index in [4.69, 9.17) is 0 Å². The summed E-state index contributed by atoms with van der Waals surface area (Å²) < 4.78 is 1.31. The first-order valence-corrected chi connectivity index (χ1v) is 7.57. The van der Waals surface area contributed by atoms with Crippen LogP contribution in [-0.4, -0.2) is 6.54 Å². The van der Waals surface area contributed by atoms with Gasteiger partial charge < -0.3 is 5.32 Å². The SMILES string of the molecule is CCCNC(C1=CCCC1)c1ccc(I)cc1. The molecule has 1 atom stereocenters. The lowest BCUT2D eigenvalue weighted by Crippen LogP contribution is -2.23. The number of rotatable bonds is 5. The highest BCUT2D eigenvalue weighted by Crippen LogP contribution is 2.30. The molecule has 0 heterocycles. The number of nitrogens with one attached hydrogen (secondary N) is 1. The van der Waals surface area contributed by atoms with Crippen molar-refractivity contribution >= 4 is 22.6 Å². The van der Waals surface area contributed by atoms with Crippen LogP contribution in [0.1, 0.15) is 44.2 Å². The van der Waals surface area contributed by atoms with E-state index < -0.39 is 0 Å². The Morgan fingerprint density at radius 1 is 1.29 bits per heavy atom. The Kier molecular flexibility index (Phi) is 5.04. The van der Waals surface area contributed by atoms with Crippen molar-refractivity contribution in [3.05, 3.63) is 45.0 Å². The second-order valence-electron chi connectivity index (χ2n) is 4.61. The van der Waals surface area contributed by atoms with Gasteiger partial charge in [0, 0.05) is 3.57 Å². The van der Waals surface area contributed by atoms with Gasteiger partial charge in [-0.05, 0) is 72.5 Å². The summed E-state index contributed by atoms with van der Waals surface area (Å²) in [5.41, 5.74) is 2.99. The second-order valence-corrected chi connectivity index (χ2v) is 5.86. The molecule has 0 amide bonds. The predicted octanol–water partition coefficient (Wildman–Crippen LogP) is 4.44. The molecule has 1 aliphatic carbocycles. The van der Waals surface area contributed by atoms with E-state index in [1.54, 1.807) is 5.57 Å². The molecule has 1 aliphatic rings. The van der Waals surface area contributed by atoms with E-state index in [1.807, 2.05) is 0 Å². The van der Waals surface area contributed by atoms with Crippen LogP contribution in [0, 0.1) is 3.57 Å². The Hall–Kier alpha value is -0.350. The van der Waals surface area contributed by atoms with Crippen LogP contribution in [0.3, 0.4) is 0 Å². The van der Waals surface area contributed by atoms with Crippen LogP contribution in [0.15, 0.2) is 35.9 Å². The fraction of sp³-hybridized carbons (Fsp3) is 0.467. The molecule has 1 nitrogen and oxygen atoms in total. The number of hydrogen-bond donors (Lipinski definition) is 1. The van der Waals surface area contributed by atoms with Gasteiger partial charge in [-0.1, -0.05) is 30.7 Å². The average molecular weight is 341 g/mol. The van der Waals surface area contributed by atoms with Gasteiger partial charge in [-0.25, -0.2) is 0 Å². The predicted molar refractivity (Wildman–Crippen MR) is 82.1 cm³/mol. The molecule has 0 aliphatic heterocycles. The van der Waals surface area contributed by atoms with Gasteiger partial charge in [0.2, 0.25) is 0 Å². The van der Waals surface area contributed by atoms with E-state index in [1.165, 1.54) is 34.8 Å². The first-order valence-electron chi connectivity index (χ1n) is 6.49. The fourth-order valence-corrected chi connectivity index (χ4v) is 2.72. The van der Waals surface area contributed by atoms with Crippen LogP contribution in [0.5, 0.6) is 0 Å². The van der Waals surface area contributed by atoms with Crippen LogP contribution in [-0.2, 0) is 0 Å². The molecule has 1 N–H and O–H groups in total. The van der Waals surface area contributed by atoms with Crippen LogP contribution in [0.2, 0.25) is 0 Å². The summed E-state index contributed by atoms with van der Waals surface area (Å²) in [6, 6.07) is 9.36. The Bertz CT molecular complexity index is 380. The Morgan fingerprint density at radius 3 is 2.65 bits per heavy atom. The highest BCUT2D eigenvalue weighted by molar-refractivity contribution is 14.1. The van der Waals surface area contributed by atoms with E-state index in [0.29, 0.717) is 6.04 Å². The zero-order valence-corrected chi connectivity index (χ0v) is 12.5. The maximum Gasteiger partial charge on any atom is 0.0536 e. The Morgan fingerprint density at radius 2 is 2.06 bits per heavy atom. The molecule has 2 rings (SSSR count). The minimum absolute atomic E-state index is 0.439. The van der Waals surface area contributed by atoms with Gasteiger partial charge in [0.15, 0.2) is 0 Å². The normalized spacial score (nSPS) is 16.9. The molecule has 1 unspecified atom stereocenters. The molecule has 0 bridgehead atoms. The zero-order chi connectivity index (χ0) is 12.1. The van der Waals surface area contributed by atoms with Crippen LogP contribution in [0.25, 0.3) is 0 Å². The molecule has 0 spiro atoms. The van der Waals surface area contributed by atoms with Crippen molar-refractivity contribution in [2.24, 2.45) is 0 Å². The van der Waals surface area contributed by atoms with Gasteiger partial charge in [0.25, 0.3) is 0 Å². The van der Waals surface area contributed by atoms with Crippen molar-refractivity contribution in [2.45, 2.75) is 38.6 Å². The summed E-state index contributed by atoms with van der Waals surface area (Å²) in [5, 5.41) is 3.68. The molecule has 0 radical (unpaired) electrons. The lowest BCUT2D eigenvalue weighted by molar-refractivity contribution is 0.578. The molecular formula is C15H20IN. The van der Waals surface area contributed by atoms with Crippen molar-refractivity contribution in [2.75, 3.05) is 6.54 Å². The number of benzene rings is 1. The van der Waals surface area contributed by atoms with Crippen molar-refractivity contribution in [1.29, 1.82) is 0 Å². The first kappa shape index (κ1) is 13.1. The van der Waals surface area contributed by atoms with Crippen molar-refractivity contribution in [1.82, 2.24) is 5.32 Å². The van der Waals surface area contributed by atoms with Crippen LogP contribution in [0.4, 0.5) is 0 Å². The topological polar surface area (TPSA) is 12.0 Å².